The molecule has 0 saturated carbocycles. The van der Waals surface area contributed by atoms with Gasteiger partial charge in [-0.25, -0.2) is 15.0 Å². The van der Waals surface area contributed by atoms with Crippen LogP contribution in [-0.2, 0) is 12.7 Å². The summed E-state index contributed by atoms with van der Waals surface area (Å²) in [5.41, 5.74) is 0.131. The van der Waals surface area contributed by atoms with E-state index in [4.69, 9.17) is 4.74 Å². The normalized spacial score (nSPS) is 18.3. The third-order valence-electron chi connectivity index (χ3n) is 3.97. The molecule has 2 aromatic rings. The molecule has 9 heteroatoms. The number of halogens is 3. The molecule has 0 amide bonds. The van der Waals surface area contributed by atoms with Gasteiger partial charge in [-0.15, -0.1) is 0 Å². The Labute approximate surface area is 143 Å². The maximum absolute atomic E-state index is 12.7. The lowest BCUT2D eigenvalue weighted by Gasteiger charge is -2.17. The van der Waals surface area contributed by atoms with Crippen molar-refractivity contribution in [1.82, 2.24) is 19.9 Å². The number of likely N-dealkylation sites (tertiary alicyclic amines) is 1. The number of nitrogens with one attached hydrogen (secondary N) is 1. The van der Waals surface area contributed by atoms with Crippen molar-refractivity contribution >= 4 is 5.95 Å². The largest absolute Gasteiger partial charge is 0.481 e. The molecule has 0 aromatic carbocycles. The summed E-state index contributed by atoms with van der Waals surface area (Å²) < 4.78 is 43.2. The standard InChI is InChI=1S/C16H18F3N5O/c1-25-14-8-11(2-5-20-14)9-24-7-4-12(10-24)22-15-21-6-3-13(23-15)16(17,18)19/h2-3,5-6,8,12H,4,7,9-10H2,1H3,(H,21,22,23). The summed E-state index contributed by atoms with van der Waals surface area (Å²) in [7, 11) is 1.57. The van der Waals surface area contributed by atoms with E-state index in [2.05, 4.69) is 25.2 Å². The lowest BCUT2D eigenvalue weighted by Crippen LogP contribution is -2.27. The summed E-state index contributed by atoms with van der Waals surface area (Å²) in [5.74, 6) is 0.566. The molecule has 1 N–H and O–H groups in total. The van der Waals surface area contributed by atoms with Gasteiger partial charge in [-0.1, -0.05) is 0 Å². The van der Waals surface area contributed by atoms with E-state index in [1.165, 1.54) is 0 Å². The second kappa shape index (κ2) is 7.22. The Hall–Kier alpha value is -2.42. The minimum atomic E-state index is -4.47. The van der Waals surface area contributed by atoms with Crippen molar-refractivity contribution in [2.24, 2.45) is 0 Å². The molecule has 0 aliphatic carbocycles. The Morgan fingerprint density at radius 2 is 2.08 bits per heavy atom. The Balaban J connectivity index is 1.58. The van der Waals surface area contributed by atoms with Crippen molar-refractivity contribution in [2.75, 3.05) is 25.5 Å². The van der Waals surface area contributed by atoms with E-state index in [9.17, 15) is 13.2 Å². The van der Waals surface area contributed by atoms with Gasteiger partial charge in [0.25, 0.3) is 0 Å². The molecule has 0 radical (unpaired) electrons. The molecule has 1 aliphatic rings. The average Bonchev–Trinajstić information content (AvgIpc) is 3.01. The van der Waals surface area contributed by atoms with Gasteiger partial charge in [0.05, 0.1) is 7.11 Å². The number of methoxy groups -OCH3 is 1. The van der Waals surface area contributed by atoms with Gasteiger partial charge >= 0.3 is 6.18 Å². The molecular weight excluding hydrogens is 335 g/mol. The smallest absolute Gasteiger partial charge is 0.433 e. The van der Waals surface area contributed by atoms with E-state index in [0.717, 1.165) is 37.3 Å². The molecule has 3 rings (SSSR count). The highest BCUT2D eigenvalue weighted by Gasteiger charge is 2.33. The number of rotatable bonds is 5. The summed E-state index contributed by atoms with van der Waals surface area (Å²) >= 11 is 0. The van der Waals surface area contributed by atoms with Crippen LogP contribution in [0.25, 0.3) is 0 Å². The second-order valence-electron chi connectivity index (χ2n) is 5.83. The van der Waals surface area contributed by atoms with Crippen LogP contribution >= 0.6 is 0 Å². The van der Waals surface area contributed by atoms with Gasteiger partial charge in [-0.3, -0.25) is 4.90 Å². The monoisotopic (exact) mass is 353 g/mol. The Morgan fingerprint density at radius 3 is 2.84 bits per heavy atom. The number of hydrogen-bond donors (Lipinski definition) is 1. The summed E-state index contributed by atoms with van der Waals surface area (Å²) in [6.45, 7) is 2.26. The fourth-order valence-corrected chi connectivity index (χ4v) is 2.78. The van der Waals surface area contributed by atoms with Gasteiger partial charge in [-0.2, -0.15) is 13.2 Å². The summed E-state index contributed by atoms with van der Waals surface area (Å²) in [5, 5.41) is 2.99. The number of hydrogen-bond acceptors (Lipinski definition) is 6. The highest BCUT2D eigenvalue weighted by molar-refractivity contribution is 5.28. The number of nitrogens with zero attached hydrogens (tertiary/aromatic N) is 4. The van der Waals surface area contributed by atoms with E-state index >= 15 is 0 Å². The van der Waals surface area contributed by atoms with E-state index in [-0.39, 0.29) is 12.0 Å². The zero-order chi connectivity index (χ0) is 17.9. The first-order valence-electron chi connectivity index (χ1n) is 7.82. The van der Waals surface area contributed by atoms with Crippen molar-refractivity contribution in [2.45, 2.75) is 25.2 Å². The maximum Gasteiger partial charge on any atom is 0.433 e. The first-order chi connectivity index (χ1) is 11.9. The van der Waals surface area contributed by atoms with Gasteiger partial charge < -0.3 is 10.1 Å². The van der Waals surface area contributed by atoms with Crippen LogP contribution in [0.1, 0.15) is 17.7 Å². The van der Waals surface area contributed by atoms with Crippen molar-refractivity contribution in [3.05, 3.63) is 41.9 Å². The molecule has 1 aliphatic heterocycles. The quantitative estimate of drug-likeness (QED) is 0.891. The van der Waals surface area contributed by atoms with Crippen LogP contribution in [-0.4, -0.2) is 46.1 Å². The first kappa shape index (κ1) is 17.4. The van der Waals surface area contributed by atoms with Crippen LogP contribution in [0, 0.1) is 0 Å². The third kappa shape index (κ3) is 4.56. The van der Waals surface area contributed by atoms with Crippen molar-refractivity contribution in [3.8, 4) is 5.88 Å². The Bertz CT molecular complexity index is 725. The molecule has 1 unspecified atom stereocenters. The molecule has 2 aromatic heterocycles. The van der Waals surface area contributed by atoms with Crippen LogP contribution in [0.5, 0.6) is 5.88 Å². The molecular formula is C16H18F3N5O. The zero-order valence-electron chi connectivity index (χ0n) is 13.6. The highest BCUT2D eigenvalue weighted by Crippen LogP contribution is 2.28. The van der Waals surface area contributed by atoms with Crippen molar-refractivity contribution in [1.29, 1.82) is 0 Å². The van der Waals surface area contributed by atoms with Crippen LogP contribution in [0.2, 0.25) is 0 Å². The molecule has 25 heavy (non-hydrogen) atoms. The predicted molar refractivity (Wildman–Crippen MR) is 85.1 cm³/mol. The number of anilines is 1. The molecule has 3 heterocycles. The molecule has 0 bridgehead atoms. The summed E-state index contributed by atoms with van der Waals surface area (Å²) in [4.78, 5) is 13.7. The van der Waals surface area contributed by atoms with E-state index < -0.39 is 11.9 Å². The van der Waals surface area contributed by atoms with Crippen LogP contribution < -0.4 is 10.1 Å². The van der Waals surface area contributed by atoms with Gasteiger partial charge in [0.15, 0.2) is 0 Å². The minimum Gasteiger partial charge on any atom is -0.481 e. The minimum absolute atomic E-state index is 0.00668. The third-order valence-corrected chi connectivity index (χ3v) is 3.97. The van der Waals surface area contributed by atoms with Gasteiger partial charge in [0.2, 0.25) is 11.8 Å². The fraction of sp³-hybridized carbons (Fsp3) is 0.438. The summed E-state index contributed by atoms with van der Waals surface area (Å²) in [6, 6.07) is 4.66. The van der Waals surface area contributed by atoms with E-state index in [1.54, 1.807) is 13.3 Å². The molecule has 134 valence electrons. The second-order valence-corrected chi connectivity index (χ2v) is 5.83. The molecule has 1 saturated heterocycles. The van der Waals surface area contributed by atoms with E-state index in [0.29, 0.717) is 12.4 Å². The van der Waals surface area contributed by atoms with Gasteiger partial charge in [0.1, 0.15) is 5.69 Å². The Kier molecular flexibility index (Phi) is 5.03. The number of ether oxygens (including phenoxy) is 1. The topological polar surface area (TPSA) is 63.2 Å². The van der Waals surface area contributed by atoms with Crippen molar-refractivity contribution in [3.63, 3.8) is 0 Å². The van der Waals surface area contributed by atoms with Gasteiger partial charge in [-0.05, 0) is 24.1 Å². The SMILES string of the molecule is COc1cc(CN2CCC(Nc3nccc(C(F)(F)F)n3)C2)ccn1. The van der Waals surface area contributed by atoms with Crippen LogP contribution in [0.3, 0.4) is 0 Å². The van der Waals surface area contributed by atoms with E-state index in [1.807, 2.05) is 12.1 Å². The van der Waals surface area contributed by atoms with Crippen LogP contribution in [0.4, 0.5) is 19.1 Å². The molecule has 1 fully saturated rings. The van der Waals surface area contributed by atoms with Gasteiger partial charge in [0, 0.05) is 44.1 Å². The highest BCUT2D eigenvalue weighted by atomic mass is 19.4. The number of alkyl halides is 3. The fourth-order valence-electron chi connectivity index (χ4n) is 2.78. The van der Waals surface area contributed by atoms with Crippen LogP contribution in [0.15, 0.2) is 30.6 Å². The lowest BCUT2D eigenvalue weighted by molar-refractivity contribution is -0.141. The maximum atomic E-state index is 12.7. The average molecular weight is 353 g/mol. The zero-order valence-corrected chi connectivity index (χ0v) is 13.6. The molecule has 0 spiro atoms. The molecule has 1 atom stereocenters. The number of aromatic nitrogens is 3. The predicted octanol–water partition coefficient (Wildman–Crippen LogP) is 2.59. The number of pyridine rings is 1. The lowest BCUT2D eigenvalue weighted by atomic mass is 10.2. The van der Waals surface area contributed by atoms with Crippen molar-refractivity contribution < 1.29 is 17.9 Å². The first-order valence-corrected chi connectivity index (χ1v) is 7.82. The Morgan fingerprint density at radius 1 is 1.28 bits per heavy atom. The molecule has 6 nitrogen and oxygen atoms in total. The summed E-state index contributed by atoms with van der Waals surface area (Å²) in [6.07, 6.45) is -0.853.